The molecule has 2 N–H and O–H groups in total. The number of benzene rings is 1. The van der Waals surface area contributed by atoms with E-state index in [2.05, 4.69) is 33.1 Å². The third kappa shape index (κ3) is 4.35. The van der Waals surface area contributed by atoms with Crippen LogP contribution in [0.5, 0.6) is 0 Å². The van der Waals surface area contributed by atoms with Gasteiger partial charge in [-0.2, -0.15) is 0 Å². The van der Waals surface area contributed by atoms with Crippen molar-refractivity contribution < 1.29 is 9.90 Å². The Hall–Kier alpha value is -2.02. The normalized spacial score (nSPS) is 24.6. The van der Waals surface area contributed by atoms with Crippen molar-refractivity contribution >= 4 is 16.8 Å². The van der Waals surface area contributed by atoms with Crippen LogP contribution in [0.25, 0.3) is 10.9 Å². The summed E-state index contributed by atoms with van der Waals surface area (Å²) in [6.45, 7) is 7.60. The maximum atomic E-state index is 12.8. The van der Waals surface area contributed by atoms with Crippen molar-refractivity contribution in [2.75, 3.05) is 39.3 Å². The summed E-state index contributed by atoms with van der Waals surface area (Å²) < 4.78 is 0. The summed E-state index contributed by atoms with van der Waals surface area (Å²) in [6.07, 6.45) is 3.08. The Morgan fingerprint density at radius 1 is 1.21 bits per heavy atom. The van der Waals surface area contributed by atoms with Gasteiger partial charge in [0.15, 0.2) is 0 Å². The van der Waals surface area contributed by atoms with E-state index >= 15 is 0 Å². The second kappa shape index (κ2) is 8.55. The first kappa shape index (κ1) is 19.3. The third-order valence-corrected chi connectivity index (χ3v) is 6.19. The van der Waals surface area contributed by atoms with E-state index in [0.29, 0.717) is 6.54 Å². The van der Waals surface area contributed by atoms with Gasteiger partial charge in [0.25, 0.3) is 0 Å². The molecular formula is C22H30N4O2. The number of carbonyl (C=O) groups excluding carboxylic acids is 1. The van der Waals surface area contributed by atoms with Gasteiger partial charge in [-0.15, -0.1) is 0 Å². The molecule has 1 aliphatic carbocycles. The molecule has 4 rings (SSSR count). The number of nitrogens with zero attached hydrogens (tertiary/aromatic N) is 3. The molecule has 6 heteroatoms. The van der Waals surface area contributed by atoms with Crippen LogP contribution < -0.4 is 5.32 Å². The average molecular weight is 383 g/mol. The number of pyridine rings is 1. The molecule has 1 aromatic carbocycles. The zero-order chi connectivity index (χ0) is 19.5. The Morgan fingerprint density at radius 3 is 2.64 bits per heavy atom. The van der Waals surface area contributed by atoms with E-state index in [4.69, 9.17) is 0 Å². The van der Waals surface area contributed by atoms with Gasteiger partial charge in [-0.1, -0.05) is 25.1 Å². The van der Waals surface area contributed by atoms with Gasteiger partial charge in [-0.3, -0.25) is 14.7 Å². The summed E-state index contributed by atoms with van der Waals surface area (Å²) in [5.41, 5.74) is 1.98. The molecule has 1 saturated heterocycles. The van der Waals surface area contributed by atoms with Crippen LogP contribution in [0, 0.1) is 5.92 Å². The van der Waals surface area contributed by atoms with Gasteiger partial charge in [-0.25, -0.2) is 0 Å². The zero-order valence-electron chi connectivity index (χ0n) is 16.6. The Labute approximate surface area is 166 Å². The second-order valence-corrected chi connectivity index (χ2v) is 8.10. The van der Waals surface area contributed by atoms with Crippen LogP contribution in [0.15, 0.2) is 36.5 Å². The van der Waals surface area contributed by atoms with E-state index in [9.17, 15) is 9.90 Å². The highest BCUT2D eigenvalue weighted by atomic mass is 16.3. The smallest absolute Gasteiger partial charge is 0.234 e. The summed E-state index contributed by atoms with van der Waals surface area (Å²) in [5, 5.41) is 14.1. The number of aliphatic hydroxyl groups excluding tert-OH is 1. The number of aromatic nitrogens is 1. The third-order valence-electron chi connectivity index (χ3n) is 6.19. The monoisotopic (exact) mass is 382 g/mol. The number of likely N-dealkylation sites (N-methyl/N-ethyl adjacent to an activating group) is 1. The van der Waals surface area contributed by atoms with Crippen LogP contribution in [-0.2, 0) is 4.79 Å². The van der Waals surface area contributed by atoms with Gasteiger partial charge < -0.3 is 15.3 Å². The van der Waals surface area contributed by atoms with E-state index in [-0.39, 0.29) is 24.0 Å². The number of para-hydroxylation sites is 1. The van der Waals surface area contributed by atoms with Crippen LogP contribution in [0.1, 0.15) is 31.4 Å². The lowest BCUT2D eigenvalue weighted by molar-refractivity contribution is -0.124. The van der Waals surface area contributed by atoms with Gasteiger partial charge in [0, 0.05) is 37.8 Å². The summed E-state index contributed by atoms with van der Waals surface area (Å²) in [4.78, 5) is 22.0. The second-order valence-electron chi connectivity index (χ2n) is 8.10. The van der Waals surface area contributed by atoms with Gasteiger partial charge >= 0.3 is 0 Å². The molecule has 0 bridgehead atoms. The highest BCUT2D eigenvalue weighted by molar-refractivity contribution is 5.80. The largest absolute Gasteiger partial charge is 0.393 e. The lowest BCUT2D eigenvalue weighted by Crippen LogP contribution is -2.50. The topological polar surface area (TPSA) is 68.7 Å². The van der Waals surface area contributed by atoms with Crippen molar-refractivity contribution in [1.82, 2.24) is 20.1 Å². The molecular weight excluding hydrogens is 352 g/mol. The van der Waals surface area contributed by atoms with Crippen LogP contribution >= 0.6 is 0 Å². The molecule has 6 nitrogen and oxygen atoms in total. The first-order valence-corrected chi connectivity index (χ1v) is 10.4. The van der Waals surface area contributed by atoms with Crippen molar-refractivity contribution in [2.24, 2.45) is 5.92 Å². The number of nitrogens with one attached hydrogen (secondary N) is 1. The number of hydrogen-bond acceptors (Lipinski definition) is 5. The Morgan fingerprint density at radius 2 is 1.93 bits per heavy atom. The van der Waals surface area contributed by atoms with Gasteiger partial charge in [0.2, 0.25) is 5.91 Å². The van der Waals surface area contributed by atoms with Gasteiger partial charge in [0.1, 0.15) is 0 Å². The Kier molecular flexibility index (Phi) is 5.90. The fraction of sp³-hybridized carbons (Fsp3) is 0.545. The highest BCUT2D eigenvalue weighted by Crippen LogP contribution is 2.38. The molecule has 0 spiro atoms. The fourth-order valence-corrected chi connectivity index (χ4v) is 4.32. The van der Waals surface area contributed by atoms with Crippen molar-refractivity contribution in [3.05, 3.63) is 42.1 Å². The van der Waals surface area contributed by atoms with E-state index in [1.807, 2.05) is 30.5 Å². The minimum Gasteiger partial charge on any atom is -0.393 e. The summed E-state index contributed by atoms with van der Waals surface area (Å²) in [6, 6.07) is 10.1. The van der Waals surface area contributed by atoms with Gasteiger partial charge in [-0.05, 0) is 43.0 Å². The minimum atomic E-state index is -0.250. The first-order chi connectivity index (χ1) is 13.6. The predicted molar refractivity (Wildman–Crippen MR) is 110 cm³/mol. The number of fused-ring (bicyclic) bond motifs is 1. The van der Waals surface area contributed by atoms with Crippen LogP contribution in [0.4, 0.5) is 0 Å². The standard InChI is InChI=1S/C22H30N4O2/c1-2-25-7-9-26(10-8-25)15-21(28)24-22(17-12-19(27)13-17)18-11-16-5-3-4-6-20(16)23-14-18/h3-6,11,14,17,19,22,27H,2,7-10,12-13,15H2,1H3,(H,24,28)/t17?,19?,22-/m1/s1. The van der Waals surface area contributed by atoms with Crippen LogP contribution in [-0.4, -0.2) is 71.2 Å². The quantitative estimate of drug-likeness (QED) is 0.797. The molecule has 0 radical (unpaired) electrons. The lowest BCUT2D eigenvalue weighted by Gasteiger charge is -2.39. The molecule has 2 fully saturated rings. The molecule has 1 aromatic heterocycles. The van der Waals surface area contributed by atoms with Crippen LogP contribution in [0.2, 0.25) is 0 Å². The first-order valence-electron chi connectivity index (χ1n) is 10.4. The maximum Gasteiger partial charge on any atom is 0.234 e. The van der Waals surface area contributed by atoms with E-state index in [0.717, 1.165) is 62.0 Å². The number of rotatable bonds is 6. The Balaban J connectivity index is 1.44. The van der Waals surface area contributed by atoms with Crippen molar-refractivity contribution in [1.29, 1.82) is 0 Å². The molecule has 150 valence electrons. The van der Waals surface area contributed by atoms with E-state index < -0.39 is 0 Å². The fourth-order valence-electron chi connectivity index (χ4n) is 4.32. The zero-order valence-corrected chi connectivity index (χ0v) is 16.6. The molecule has 1 amide bonds. The summed E-state index contributed by atoms with van der Waals surface area (Å²) in [7, 11) is 0. The van der Waals surface area contributed by atoms with E-state index in [1.54, 1.807) is 0 Å². The van der Waals surface area contributed by atoms with Crippen molar-refractivity contribution in [3.8, 4) is 0 Å². The number of hydrogen-bond donors (Lipinski definition) is 2. The molecule has 2 aromatic rings. The molecule has 2 heterocycles. The summed E-state index contributed by atoms with van der Waals surface area (Å²) >= 11 is 0. The molecule has 28 heavy (non-hydrogen) atoms. The average Bonchev–Trinajstić information content (AvgIpc) is 2.70. The van der Waals surface area contributed by atoms with Gasteiger partial charge in [0.05, 0.1) is 24.2 Å². The van der Waals surface area contributed by atoms with E-state index in [1.165, 1.54) is 0 Å². The molecule has 0 unspecified atom stereocenters. The highest BCUT2D eigenvalue weighted by Gasteiger charge is 2.36. The predicted octanol–water partition coefficient (Wildman–Crippen LogP) is 1.80. The Bertz CT molecular complexity index is 813. The van der Waals surface area contributed by atoms with Crippen molar-refractivity contribution in [2.45, 2.75) is 31.9 Å². The maximum absolute atomic E-state index is 12.8. The number of aliphatic hydroxyl groups is 1. The lowest BCUT2D eigenvalue weighted by atomic mass is 9.75. The molecule has 1 atom stereocenters. The van der Waals surface area contributed by atoms with Crippen molar-refractivity contribution in [3.63, 3.8) is 0 Å². The minimum absolute atomic E-state index is 0.0597. The SMILES string of the molecule is CCN1CCN(CC(=O)N[C@@H](c2cnc3ccccc3c2)C2CC(O)C2)CC1. The number of carbonyl (C=O) groups is 1. The molecule has 1 aliphatic heterocycles. The van der Waals surface area contributed by atoms with Crippen LogP contribution in [0.3, 0.4) is 0 Å². The molecule has 1 saturated carbocycles. The number of amides is 1. The summed E-state index contributed by atoms with van der Waals surface area (Å²) in [5.74, 6) is 0.323. The molecule has 2 aliphatic rings. The number of piperazine rings is 1.